The van der Waals surface area contributed by atoms with Gasteiger partial charge in [0.1, 0.15) is 4.47 Å². The molecular weight excluding hydrogens is 248 g/mol. The van der Waals surface area contributed by atoms with Gasteiger partial charge in [-0.1, -0.05) is 18.7 Å². The van der Waals surface area contributed by atoms with Crippen LogP contribution in [0.4, 0.5) is 5.69 Å². The van der Waals surface area contributed by atoms with Gasteiger partial charge in [0.15, 0.2) is 0 Å². The molecule has 0 atom stereocenters. The average Bonchev–Trinajstić information content (AvgIpc) is 2.16. The molecule has 0 heterocycles. The zero-order chi connectivity index (χ0) is 10.7. The Labute approximate surface area is 89.7 Å². The minimum absolute atomic E-state index is 0.0251. The summed E-state index contributed by atoms with van der Waals surface area (Å²) >= 11 is 3.17. The largest absolute Gasteiger partial charge is 0.326 e. The van der Waals surface area contributed by atoms with Crippen LogP contribution in [0.2, 0.25) is 0 Å². The summed E-state index contributed by atoms with van der Waals surface area (Å²) in [5.41, 5.74) is 6.78. The maximum Gasteiger partial charge on any atom is 0.284 e. The second-order valence-electron chi connectivity index (χ2n) is 2.70. The van der Waals surface area contributed by atoms with E-state index in [4.69, 9.17) is 5.73 Å². The lowest BCUT2D eigenvalue weighted by molar-refractivity contribution is -0.385. The molecule has 0 aliphatic rings. The van der Waals surface area contributed by atoms with Gasteiger partial charge in [-0.3, -0.25) is 10.1 Å². The van der Waals surface area contributed by atoms with Crippen LogP contribution in [-0.2, 0) is 0 Å². The number of hydrogen-bond donors (Lipinski definition) is 1. The van der Waals surface area contributed by atoms with Crippen molar-refractivity contribution >= 4 is 27.2 Å². The first-order valence-electron chi connectivity index (χ1n) is 3.89. The summed E-state index contributed by atoms with van der Waals surface area (Å²) in [6.07, 6.45) is 0. The molecule has 1 aromatic carbocycles. The Morgan fingerprint density at radius 2 is 2.29 bits per heavy atom. The molecule has 0 radical (unpaired) electrons. The summed E-state index contributed by atoms with van der Waals surface area (Å²) in [6.45, 7) is 4.00. The molecule has 0 aromatic heterocycles. The number of nitro groups is 1. The normalized spacial score (nSPS) is 9.86. The van der Waals surface area contributed by atoms with E-state index >= 15 is 0 Å². The van der Waals surface area contributed by atoms with Gasteiger partial charge in [-0.25, -0.2) is 0 Å². The molecule has 4 nitrogen and oxygen atoms in total. The van der Waals surface area contributed by atoms with Gasteiger partial charge in [0.25, 0.3) is 5.69 Å². The van der Waals surface area contributed by atoms with E-state index in [1.54, 1.807) is 12.1 Å². The van der Waals surface area contributed by atoms with Gasteiger partial charge < -0.3 is 5.73 Å². The van der Waals surface area contributed by atoms with Crippen molar-refractivity contribution in [2.45, 2.75) is 0 Å². The lowest BCUT2D eigenvalue weighted by atomic mass is 10.1. The summed E-state index contributed by atoms with van der Waals surface area (Å²) in [7, 11) is 0. The molecule has 0 spiro atoms. The second-order valence-corrected chi connectivity index (χ2v) is 3.50. The summed E-state index contributed by atoms with van der Waals surface area (Å²) < 4.78 is 0.431. The molecule has 14 heavy (non-hydrogen) atoms. The molecule has 0 saturated heterocycles. The van der Waals surface area contributed by atoms with Crippen LogP contribution < -0.4 is 5.73 Å². The molecule has 1 aromatic rings. The molecular formula is C9H9BrN2O2. The number of benzene rings is 1. The highest BCUT2D eigenvalue weighted by molar-refractivity contribution is 9.10. The molecule has 0 aliphatic carbocycles. The molecule has 0 bridgehead atoms. The lowest BCUT2D eigenvalue weighted by Crippen LogP contribution is -2.02. The van der Waals surface area contributed by atoms with Crippen LogP contribution in [0.5, 0.6) is 0 Å². The summed E-state index contributed by atoms with van der Waals surface area (Å²) in [6, 6.07) is 4.78. The number of nitrogens with two attached hydrogens (primary N) is 1. The van der Waals surface area contributed by atoms with E-state index in [2.05, 4.69) is 22.5 Å². The Balaban J connectivity index is 3.27. The van der Waals surface area contributed by atoms with Crippen molar-refractivity contribution in [3.05, 3.63) is 44.9 Å². The first kappa shape index (κ1) is 10.9. The Hall–Kier alpha value is -1.20. The second kappa shape index (κ2) is 4.34. The van der Waals surface area contributed by atoms with Crippen molar-refractivity contribution < 1.29 is 4.92 Å². The molecule has 2 N–H and O–H groups in total. The van der Waals surface area contributed by atoms with E-state index in [-0.39, 0.29) is 12.2 Å². The van der Waals surface area contributed by atoms with Gasteiger partial charge in [-0.05, 0) is 27.1 Å². The van der Waals surface area contributed by atoms with Crippen molar-refractivity contribution in [3.8, 4) is 0 Å². The Morgan fingerprint density at radius 1 is 1.64 bits per heavy atom. The monoisotopic (exact) mass is 256 g/mol. The Bertz CT molecular complexity index is 390. The molecule has 0 fully saturated rings. The van der Waals surface area contributed by atoms with Gasteiger partial charge in [0.05, 0.1) is 4.92 Å². The maximum atomic E-state index is 10.6. The van der Waals surface area contributed by atoms with E-state index in [9.17, 15) is 10.1 Å². The number of nitro benzene ring substituents is 1. The standard InChI is InChI=1S/C9H9BrN2O2/c1-6(5-11)7-3-2-4-8(9(7)10)12(13)14/h2-4H,1,5,11H2. The third-order valence-corrected chi connectivity index (χ3v) is 2.64. The van der Waals surface area contributed by atoms with E-state index in [1.807, 2.05) is 0 Å². The Morgan fingerprint density at radius 3 is 2.79 bits per heavy atom. The van der Waals surface area contributed by atoms with Crippen molar-refractivity contribution in [1.29, 1.82) is 0 Å². The topological polar surface area (TPSA) is 69.2 Å². The molecule has 0 amide bonds. The molecule has 74 valence electrons. The van der Waals surface area contributed by atoms with Crippen LogP contribution in [0.3, 0.4) is 0 Å². The van der Waals surface area contributed by atoms with E-state index < -0.39 is 4.92 Å². The number of rotatable bonds is 3. The minimum atomic E-state index is -0.447. The molecule has 1 rings (SSSR count). The van der Waals surface area contributed by atoms with Crippen LogP contribution in [0, 0.1) is 10.1 Å². The quantitative estimate of drug-likeness (QED) is 0.667. The van der Waals surface area contributed by atoms with Crippen molar-refractivity contribution in [2.24, 2.45) is 5.73 Å². The van der Waals surface area contributed by atoms with Gasteiger partial charge in [0, 0.05) is 12.6 Å². The number of nitrogens with zero attached hydrogens (tertiary/aromatic N) is 1. The fourth-order valence-electron chi connectivity index (χ4n) is 1.04. The highest BCUT2D eigenvalue weighted by Crippen LogP contribution is 2.31. The highest BCUT2D eigenvalue weighted by atomic mass is 79.9. The summed E-state index contributed by atoms with van der Waals surface area (Å²) in [5.74, 6) is 0. The predicted molar refractivity (Wildman–Crippen MR) is 58.9 cm³/mol. The van der Waals surface area contributed by atoms with Crippen LogP contribution in [0.1, 0.15) is 5.56 Å². The lowest BCUT2D eigenvalue weighted by Gasteiger charge is -2.05. The van der Waals surface area contributed by atoms with E-state index in [1.165, 1.54) is 6.07 Å². The zero-order valence-electron chi connectivity index (χ0n) is 7.37. The molecule has 5 heteroatoms. The van der Waals surface area contributed by atoms with Gasteiger partial charge in [0.2, 0.25) is 0 Å². The van der Waals surface area contributed by atoms with Crippen LogP contribution in [0.15, 0.2) is 29.3 Å². The van der Waals surface area contributed by atoms with Crippen molar-refractivity contribution in [3.63, 3.8) is 0 Å². The first-order valence-corrected chi connectivity index (χ1v) is 4.68. The van der Waals surface area contributed by atoms with E-state index in [0.29, 0.717) is 15.6 Å². The zero-order valence-corrected chi connectivity index (χ0v) is 8.95. The minimum Gasteiger partial charge on any atom is -0.326 e. The molecule has 0 unspecified atom stereocenters. The van der Waals surface area contributed by atoms with Gasteiger partial charge in [-0.2, -0.15) is 0 Å². The SMILES string of the molecule is C=C(CN)c1cccc([N+](=O)[O-])c1Br. The fraction of sp³-hybridized carbons (Fsp3) is 0.111. The molecule has 0 aliphatic heterocycles. The first-order chi connectivity index (χ1) is 6.57. The third-order valence-electron chi connectivity index (χ3n) is 1.80. The van der Waals surface area contributed by atoms with E-state index in [0.717, 1.165) is 0 Å². The van der Waals surface area contributed by atoms with Gasteiger partial charge >= 0.3 is 0 Å². The van der Waals surface area contributed by atoms with Crippen molar-refractivity contribution in [2.75, 3.05) is 6.54 Å². The number of hydrogen-bond acceptors (Lipinski definition) is 3. The fourth-order valence-corrected chi connectivity index (χ4v) is 1.73. The smallest absolute Gasteiger partial charge is 0.284 e. The average molecular weight is 257 g/mol. The van der Waals surface area contributed by atoms with Crippen molar-refractivity contribution in [1.82, 2.24) is 0 Å². The summed E-state index contributed by atoms with van der Waals surface area (Å²) in [4.78, 5) is 10.2. The Kier molecular flexibility index (Phi) is 3.38. The number of halogens is 1. The maximum absolute atomic E-state index is 10.6. The highest BCUT2D eigenvalue weighted by Gasteiger charge is 2.15. The predicted octanol–water partition coefficient (Wildman–Crippen LogP) is 2.33. The summed E-state index contributed by atoms with van der Waals surface area (Å²) in [5, 5.41) is 10.6. The molecule has 0 saturated carbocycles. The van der Waals surface area contributed by atoms with Gasteiger partial charge in [-0.15, -0.1) is 0 Å². The van der Waals surface area contributed by atoms with Crippen LogP contribution in [0.25, 0.3) is 5.57 Å². The van der Waals surface area contributed by atoms with Crippen LogP contribution in [-0.4, -0.2) is 11.5 Å². The third kappa shape index (κ3) is 2.00. The van der Waals surface area contributed by atoms with Crippen LogP contribution >= 0.6 is 15.9 Å².